The maximum Gasteiger partial charge on any atom is 0.406 e. The highest BCUT2D eigenvalue weighted by Gasteiger charge is 2.41. The fourth-order valence-electron chi connectivity index (χ4n) is 1.81. The number of carbonyl (C=O) groups excluding carboxylic acids is 1. The van der Waals surface area contributed by atoms with Crippen LogP contribution in [0.3, 0.4) is 0 Å². The van der Waals surface area contributed by atoms with Gasteiger partial charge in [0, 0.05) is 19.8 Å². The van der Waals surface area contributed by atoms with Crippen LogP contribution in [0.15, 0.2) is 0 Å². The Morgan fingerprint density at radius 2 is 1.94 bits per heavy atom. The summed E-state index contributed by atoms with van der Waals surface area (Å²) in [5, 5.41) is 0. The Bertz CT molecular complexity index is 275. The van der Waals surface area contributed by atoms with Gasteiger partial charge < -0.3 is 15.4 Å². The van der Waals surface area contributed by atoms with Crippen LogP contribution in [0.1, 0.15) is 19.8 Å². The Labute approximate surface area is 97.9 Å². The third kappa shape index (κ3) is 3.85. The molecule has 0 spiro atoms. The smallest absolute Gasteiger partial charge is 0.381 e. The molecule has 0 aliphatic carbocycles. The van der Waals surface area contributed by atoms with Crippen LogP contribution >= 0.6 is 0 Å². The van der Waals surface area contributed by atoms with E-state index in [1.807, 2.05) is 0 Å². The molecule has 4 nitrogen and oxygen atoms in total. The molecule has 0 atom stereocenters. The number of halogens is 3. The molecule has 1 aliphatic heterocycles. The van der Waals surface area contributed by atoms with Gasteiger partial charge in [-0.05, 0) is 19.8 Å². The molecule has 1 amide bonds. The number of ether oxygens (including phenoxy) is 1. The molecular weight excluding hydrogens is 237 g/mol. The van der Waals surface area contributed by atoms with Crippen LogP contribution in [0, 0.1) is 0 Å². The molecule has 1 fully saturated rings. The molecule has 0 radical (unpaired) electrons. The Morgan fingerprint density at radius 3 is 2.35 bits per heavy atom. The second-order valence-corrected chi connectivity index (χ2v) is 4.20. The number of hydrogen-bond acceptors (Lipinski definition) is 3. The third-order valence-electron chi connectivity index (χ3n) is 2.85. The van der Waals surface area contributed by atoms with Gasteiger partial charge in [0.2, 0.25) is 5.91 Å². The monoisotopic (exact) mass is 254 g/mol. The fraction of sp³-hybridized carbons (Fsp3) is 0.900. The predicted molar refractivity (Wildman–Crippen MR) is 55.3 cm³/mol. The van der Waals surface area contributed by atoms with Crippen molar-refractivity contribution in [1.29, 1.82) is 0 Å². The van der Waals surface area contributed by atoms with Crippen LogP contribution in [0.25, 0.3) is 0 Å². The van der Waals surface area contributed by atoms with Crippen molar-refractivity contribution < 1.29 is 22.7 Å². The van der Waals surface area contributed by atoms with E-state index in [4.69, 9.17) is 10.5 Å². The number of rotatable bonds is 3. The molecule has 0 saturated carbocycles. The summed E-state index contributed by atoms with van der Waals surface area (Å²) < 4.78 is 41.9. The zero-order valence-electron chi connectivity index (χ0n) is 9.72. The summed E-state index contributed by atoms with van der Waals surface area (Å²) in [6.45, 7) is 0.879. The average Bonchev–Trinajstić information content (AvgIpc) is 2.25. The Kier molecular flexibility index (Phi) is 4.37. The second kappa shape index (κ2) is 5.22. The molecule has 100 valence electrons. The summed E-state index contributed by atoms with van der Waals surface area (Å²) in [6, 6.07) is 0. The third-order valence-corrected chi connectivity index (χ3v) is 2.85. The zero-order chi connectivity index (χ0) is 13.1. The van der Waals surface area contributed by atoms with Gasteiger partial charge in [0.25, 0.3) is 0 Å². The molecule has 17 heavy (non-hydrogen) atoms. The molecule has 0 aromatic carbocycles. The van der Waals surface area contributed by atoms with E-state index >= 15 is 0 Å². The van der Waals surface area contributed by atoms with Crippen molar-refractivity contribution in [3.8, 4) is 0 Å². The van der Waals surface area contributed by atoms with Crippen molar-refractivity contribution in [2.45, 2.75) is 31.5 Å². The summed E-state index contributed by atoms with van der Waals surface area (Å²) in [4.78, 5) is 12.7. The lowest BCUT2D eigenvalue weighted by molar-refractivity contribution is -0.166. The minimum absolute atomic E-state index is 0.00183. The molecule has 1 heterocycles. The molecule has 0 unspecified atom stereocenters. The predicted octanol–water partition coefficient (Wildman–Crippen LogP) is 0.905. The van der Waals surface area contributed by atoms with Crippen molar-refractivity contribution >= 4 is 5.91 Å². The molecule has 0 bridgehead atoms. The lowest BCUT2D eigenvalue weighted by Gasteiger charge is -2.36. The Balaban J connectivity index is 2.71. The molecule has 2 N–H and O–H groups in total. The molecule has 0 aromatic heterocycles. The van der Waals surface area contributed by atoms with Crippen molar-refractivity contribution in [2.75, 3.05) is 26.3 Å². The van der Waals surface area contributed by atoms with Crippen molar-refractivity contribution in [1.82, 2.24) is 4.90 Å². The van der Waals surface area contributed by atoms with E-state index in [2.05, 4.69) is 0 Å². The minimum Gasteiger partial charge on any atom is -0.381 e. The van der Waals surface area contributed by atoms with Gasteiger partial charge in [0.15, 0.2) is 0 Å². The number of alkyl halides is 3. The molecule has 1 aliphatic rings. The van der Waals surface area contributed by atoms with Gasteiger partial charge in [-0.3, -0.25) is 4.79 Å². The molecule has 1 saturated heterocycles. The van der Waals surface area contributed by atoms with Crippen LogP contribution in [0.5, 0.6) is 0 Å². The van der Waals surface area contributed by atoms with Crippen molar-refractivity contribution in [2.24, 2.45) is 5.73 Å². The highest BCUT2D eigenvalue weighted by Crippen LogP contribution is 2.23. The van der Waals surface area contributed by atoms with Crippen molar-refractivity contribution in [3.63, 3.8) is 0 Å². The lowest BCUT2D eigenvalue weighted by Crippen LogP contribution is -2.59. The fourth-order valence-corrected chi connectivity index (χ4v) is 1.81. The number of nitrogens with two attached hydrogens (primary N) is 1. The first-order valence-electron chi connectivity index (χ1n) is 5.51. The summed E-state index contributed by atoms with van der Waals surface area (Å²) in [5.74, 6) is -0.638. The van der Waals surface area contributed by atoms with Gasteiger partial charge in [0.1, 0.15) is 6.54 Å². The Morgan fingerprint density at radius 1 is 1.41 bits per heavy atom. The van der Waals surface area contributed by atoms with Gasteiger partial charge in [0.05, 0.1) is 5.54 Å². The van der Waals surface area contributed by atoms with Crippen LogP contribution in [0.4, 0.5) is 13.2 Å². The largest absolute Gasteiger partial charge is 0.406 e. The first-order chi connectivity index (χ1) is 7.78. The number of likely N-dealkylation sites (N-methyl/N-ethyl adjacent to an activating group) is 1. The highest BCUT2D eigenvalue weighted by molar-refractivity contribution is 5.86. The van der Waals surface area contributed by atoms with Gasteiger partial charge in [-0.25, -0.2) is 0 Å². The minimum atomic E-state index is -4.40. The first kappa shape index (κ1) is 14.2. The summed E-state index contributed by atoms with van der Waals surface area (Å²) in [5.41, 5.74) is 4.65. The van der Waals surface area contributed by atoms with E-state index < -0.39 is 24.2 Å². The number of carbonyl (C=O) groups is 1. The lowest BCUT2D eigenvalue weighted by atomic mass is 9.89. The number of hydrogen-bond donors (Lipinski definition) is 1. The standard InChI is InChI=1S/C10H17F3N2O2/c1-2-15(7-10(11,12)13)8(16)9(14)3-5-17-6-4-9/h2-7,14H2,1H3. The van der Waals surface area contributed by atoms with E-state index in [0.717, 1.165) is 4.90 Å². The second-order valence-electron chi connectivity index (χ2n) is 4.20. The van der Waals surface area contributed by atoms with Crippen LogP contribution in [-0.4, -0.2) is 48.8 Å². The highest BCUT2D eigenvalue weighted by atomic mass is 19.4. The van der Waals surface area contributed by atoms with Gasteiger partial charge in [-0.15, -0.1) is 0 Å². The van der Waals surface area contributed by atoms with E-state index in [9.17, 15) is 18.0 Å². The molecule has 1 rings (SSSR count). The zero-order valence-corrected chi connectivity index (χ0v) is 9.72. The average molecular weight is 254 g/mol. The van der Waals surface area contributed by atoms with Crippen LogP contribution < -0.4 is 5.73 Å². The first-order valence-corrected chi connectivity index (χ1v) is 5.51. The summed E-state index contributed by atoms with van der Waals surface area (Å²) in [6.07, 6.45) is -3.87. The van der Waals surface area contributed by atoms with Gasteiger partial charge in [-0.1, -0.05) is 0 Å². The van der Waals surface area contributed by atoms with E-state index in [1.165, 1.54) is 6.92 Å². The number of amides is 1. The van der Waals surface area contributed by atoms with Crippen LogP contribution in [0.2, 0.25) is 0 Å². The Hall–Kier alpha value is -0.820. The quantitative estimate of drug-likeness (QED) is 0.814. The molecule has 7 heteroatoms. The number of nitrogens with zero attached hydrogens (tertiary/aromatic N) is 1. The van der Waals surface area contributed by atoms with E-state index in [0.29, 0.717) is 13.2 Å². The van der Waals surface area contributed by atoms with Gasteiger partial charge in [-0.2, -0.15) is 13.2 Å². The summed E-state index contributed by atoms with van der Waals surface area (Å²) in [7, 11) is 0. The van der Waals surface area contributed by atoms with Gasteiger partial charge >= 0.3 is 6.18 Å². The van der Waals surface area contributed by atoms with E-state index in [1.54, 1.807) is 0 Å². The molecular formula is C10H17F3N2O2. The maximum absolute atomic E-state index is 12.3. The normalized spacial score (nSPS) is 20.1. The SMILES string of the molecule is CCN(CC(F)(F)F)C(=O)C1(N)CCOCC1. The molecule has 0 aromatic rings. The van der Waals surface area contributed by atoms with Crippen LogP contribution in [-0.2, 0) is 9.53 Å². The topological polar surface area (TPSA) is 55.6 Å². The van der Waals surface area contributed by atoms with Crippen molar-refractivity contribution in [3.05, 3.63) is 0 Å². The summed E-state index contributed by atoms with van der Waals surface area (Å²) >= 11 is 0. The maximum atomic E-state index is 12.3. The van der Waals surface area contributed by atoms with E-state index in [-0.39, 0.29) is 19.4 Å².